The zero-order valence-electron chi connectivity index (χ0n) is 34.0. The number of ether oxygens (including phenoxy) is 1. The quantitative estimate of drug-likeness (QED) is 0.143. The molecule has 0 spiro atoms. The summed E-state index contributed by atoms with van der Waals surface area (Å²) in [6, 6.07) is 3.09. The summed E-state index contributed by atoms with van der Waals surface area (Å²) in [6.07, 6.45) is 5.54. The molecule has 0 bridgehead atoms. The van der Waals surface area contributed by atoms with Gasteiger partial charge >= 0.3 is 5.97 Å². The highest BCUT2D eigenvalue weighted by molar-refractivity contribution is 7.09. The highest BCUT2D eigenvalue weighted by atomic mass is 32.1. The molecule has 280 valence electrons. The molecule has 0 radical (unpaired) electrons. The third kappa shape index (κ3) is 11.5. The summed E-state index contributed by atoms with van der Waals surface area (Å²) < 4.78 is 20.7. The number of hydrogen-bond donors (Lipinski definition) is 0. The van der Waals surface area contributed by atoms with Crippen molar-refractivity contribution in [3.8, 4) is 0 Å². The Bertz CT molecular complexity index is 1300. The lowest BCUT2D eigenvalue weighted by Crippen LogP contribution is -2.54. The predicted octanol–water partition coefficient (Wildman–Crippen LogP) is 11.6. The van der Waals surface area contributed by atoms with Crippen LogP contribution in [0.5, 0.6) is 0 Å². The molecule has 1 aliphatic heterocycles. The number of carbonyl (C=O) groups is 2. The van der Waals surface area contributed by atoms with Gasteiger partial charge in [-0.15, -0.1) is 11.3 Å². The number of esters is 1. The van der Waals surface area contributed by atoms with Gasteiger partial charge < -0.3 is 13.6 Å². The van der Waals surface area contributed by atoms with Gasteiger partial charge in [-0.05, 0) is 93.4 Å². The van der Waals surface area contributed by atoms with Crippen LogP contribution in [0, 0.1) is 30.1 Å². The highest BCUT2D eigenvalue weighted by Gasteiger charge is 2.50. The normalized spacial score (nSPS) is 28.6. The summed E-state index contributed by atoms with van der Waals surface area (Å²) in [5.74, 6) is -0.0363. The molecule has 1 aliphatic rings. The molecule has 0 unspecified atom stereocenters. The van der Waals surface area contributed by atoms with Gasteiger partial charge in [0, 0.05) is 23.1 Å². The fraction of sp³-hybridized carbons (Fsp3) is 0.775. The van der Waals surface area contributed by atoms with Gasteiger partial charge in [0.1, 0.15) is 11.9 Å². The summed E-state index contributed by atoms with van der Waals surface area (Å²) in [5.41, 5.74) is 2.17. The molecule has 1 aromatic rings. The molecule has 0 saturated heterocycles. The molecule has 6 nitrogen and oxygen atoms in total. The zero-order chi connectivity index (χ0) is 37.5. The van der Waals surface area contributed by atoms with Gasteiger partial charge in [0.25, 0.3) is 0 Å². The molecule has 2 heterocycles. The number of aryl methyl sites for hydroxylation is 1. The minimum atomic E-state index is -2.39. The van der Waals surface area contributed by atoms with E-state index >= 15 is 0 Å². The lowest BCUT2D eigenvalue weighted by Gasteiger charge is -2.46. The van der Waals surface area contributed by atoms with Gasteiger partial charge in [0.15, 0.2) is 16.6 Å². The second kappa shape index (κ2) is 17.9. The maximum atomic E-state index is 15.0. The highest BCUT2D eigenvalue weighted by Crippen LogP contribution is 2.43. The van der Waals surface area contributed by atoms with Crippen LogP contribution >= 0.6 is 11.3 Å². The Morgan fingerprint density at radius 3 is 2.16 bits per heavy atom. The Labute approximate surface area is 306 Å². The number of ketones is 1. The standard InChI is InChI=1S/C40H71NO5SSi2/c1-17-49(18-2,19-3)46-37-30(7)28(5)22-20-27(4)21-23-34(29(6)24-33-26-47-32(9)41-33)44-36(42)25-35(40(13,14)38(43)31(37)8)45-48(15,16)39(10,11)12/h21,24,26,28,30-31,34-35,37H,17-20,22-23,25H2,1-16H3/b27-21-,29-24+/t28-,30+,31-,34+,35+,37+/m1/s1. The molecular formula is C40H71NO5SSi2. The van der Waals surface area contributed by atoms with E-state index in [-0.39, 0.29) is 41.2 Å². The van der Waals surface area contributed by atoms with Crippen LogP contribution in [0.4, 0.5) is 0 Å². The Kier molecular flexibility index (Phi) is 16.0. The number of thiazole rings is 1. The average Bonchev–Trinajstić information content (AvgIpc) is 3.44. The van der Waals surface area contributed by atoms with Gasteiger partial charge in [-0.1, -0.05) is 87.8 Å². The fourth-order valence-electron chi connectivity index (χ4n) is 6.73. The summed E-state index contributed by atoms with van der Waals surface area (Å²) in [7, 11) is -4.43. The van der Waals surface area contributed by atoms with E-state index in [1.165, 1.54) is 5.57 Å². The van der Waals surface area contributed by atoms with Gasteiger partial charge in [-0.2, -0.15) is 0 Å². The molecule has 0 saturated carbocycles. The second-order valence-corrected chi connectivity index (χ2v) is 27.6. The number of hydrogen-bond acceptors (Lipinski definition) is 7. The van der Waals surface area contributed by atoms with Crippen molar-refractivity contribution in [1.82, 2.24) is 4.98 Å². The smallest absolute Gasteiger partial charge is 0.309 e. The molecule has 0 amide bonds. The predicted molar refractivity (Wildman–Crippen MR) is 213 cm³/mol. The molecule has 1 aromatic heterocycles. The maximum Gasteiger partial charge on any atom is 0.309 e. The number of nitrogens with zero attached hydrogens (tertiary/aromatic N) is 1. The van der Waals surface area contributed by atoms with E-state index < -0.39 is 34.3 Å². The summed E-state index contributed by atoms with van der Waals surface area (Å²) >= 11 is 1.61. The van der Waals surface area contributed by atoms with Crippen LogP contribution in [-0.4, -0.2) is 51.7 Å². The lowest BCUT2D eigenvalue weighted by molar-refractivity contribution is -0.153. The van der Waals surface area contributed by atoms with Gasteiger partial charge in [0.05, 0.1) is 29.3 Å². The van der Waals surface area contributed by atoms with Crippen molar-refractivity contribution in [2.75, 3.05) is 0 Å². The van der Waals surface area contributed by atoms with Crippen LogP contribution in [0.25, 0.3) is 6.08 Å². The third-order valence-electron chi connectivity index (χ3n) is 12.1. The first-order valence-electron chi connectivity index (χ1n) is 18.9. The molecule has 2 rings (SSSR count). The Hall–Kier alpha value is -1.40. The van der Waals surface area contributed by atoms with Crippen molar-refractivity contribution in [3.63, 3.8) is 0 Å². The molecule has 0 aliphatic carbocycles. The van der Waals surface area contributed by atoms with E-state index in [9.17, 15) is 9.59 Å². The van der Waals surface area contributed by atoms with E-state index in [0.29, 0.717) is 12.3 Å². The fourth-order valence-corrected chi connectivity index (χ4v) is 11.7. The van der Waals surface area contributed by atoms with Crippen LogP contribution in [0.1, 0.15) is 126 Å². The largest absolute Gasteiger partial charge is 0.457 e. The van der Waals surface area contributed by atoms with Crippen molar-refractivity contribution in [3.05, 3.63) is 33.3 Å². The number of cyclic esters (lactones) is 1. The minimum Gasteiger partial charge on any atom is -0.457 e. The van der Waals surface area contributed by atoms with Crippen LogP contribution in [0.2, 0.25) is 36.3 Å². The average molecular weight is 734 g/mol. The molecule has 0 fully saturated rings. The van der Waals surface area contributed by atoms with Gasteiger partial charge in [-0.3, -0.25) is 9.59 Å². The molecule has 0 aromatic carbocycles. The molecule has 49 heavy (non-hydrogen) atoms. The van der Waals surface area contributed by atoms with Gasteiger partial charge in [-0.25, -0.2) is 4.98 Å². The number of allylic oxidation sites excluding steroid dienone is 1. The zero-order valence-corrected chi connectivity index (χ0v) is 36.9. The second-order valence-electron chi connectivity index (χ2n) is 17.1. The first-order valence-corrected chi connectivity index (χ1v) is 25.2. The Balaban J connectivity index is 2.71. The van der Waals surface area contributed by atoms with Crippen molar-refractivity contribution in [1.29, 1.82) is 0 Å². The molecule has 6 atom stereocenters. The van der Waals surface area contributed by atoms with Crippen LogP contribution in [0.15, 0.2) is 22.6 Å². The van der Waals surface area contributed by atoms with Crippen molar-refractivity contribution in [2.45, 2.75) is 177 Å². The SMILES string of the molecule is CC[Si](CC)(CC)O[C@H]1[C@@H](C)[C@H](C)CC/C(C)=C\C[C@@H](/C(C)=C/c2csc(C)n2)OC(=O)C[C@H](O[Si](C)(C)C(C)(C)C)C(C)(C)C(=O)[C@@H]1C. The number of carbonyl (C=O) groups excluding carboxylic acids is 2. The molecule has 0 N–H and O–H groups in total. The van der Waals surface area contributed by atoms with E-state index in [4.69, 9.17) is 13.6 Å². The van der Waals surface area contributed by atoms with Gasteiger partial charge in [0.2, 0.25) is 0 Å². The summed E-state index contributed by atoms with van der Waals surface area (Å²) in [6.45, 7) is 34.6. The number of Topliss-reactive ketones (excluding diaryl/α,β-unsaturated/α-hetero) is 1. The van der Waals surface area contributed by atoms with Crippen LogP contribution in [-0.2, 0) is 23.2 Å². The van der Waals surface area contributed by atoms with E-state index in [0.717, 1.165) is 47.2 Å². The van der Waals surface area contributed by atoms with Crippen molar-refractivity contribution >= 4 is 45.8 Å². The summed E-state index contributed by atoms with van der Waals surface area (Å²) in [4.78, 5) is 33.6. The first kappa shape index (κ1) is 43.8. The third-order valence-corrected chi connectivity index (χ3v) is 22.1. The van der Waals surface area contributed by atoms with E-state index in [1.54, 1.807) is 11.3 Å². The topological polar surface area (TPSA) is 74.7 Å². The van der Waals surface area contributed by atoms with Crippen molar-refractivity contribution < 1.29 is 23.2 Å². The first-order chi connectivity index (χ1) is 22.5. The summed E-state index contributed by atoms with van der Waals surface area (Å²) in [5, 5.41) is 2.93. The number of aromatic nitrogens is 1. The van der Waals surface area contributed by atoms with Crippen LogP contribution < -0.4 is 0 Å². The lowest BCUT2D eigenvalue weighted by atomic mass is 9.71. The minimum absolute atomic E-state index is 0.00923. The Morgan fingerprint density at radius 1 is 1.06 bits per heavy atom. The maximum absolute atomic E-state index is 15.0. The van der Waals surface area contributed by atoms with E-state index in [1.807, 2.05) is 39.2 Å². The molecule has 9 heteroatoms. The molecular weight excluding hydrogens is 663 g/mol. The Morgan fingerprint density at radius 2 is 1.65 bits per heavy atom. The monoisotopic (exact) mass is 733 g/mol. The number of rotatable bonds is 9. The van der Waals surface area contributed by atoms with Crippen molar-refractivity contribution in [2.24, 2.45) is 23.2 Å². The van der Waals surface area contributed by atoms with Crippen LogP contribution in [0.3, 0.4) is 0 Å². The van der Waals surface area contributed by atoms with E-state index in [2.05, 4.69) is 93.4 Å².